The SMILES string of the molecule is CCOC(=O)CCC(=O)c1ccc2c(c1)C(C)(C)C(=NC)N2. The molecule has 22 heavy (non-hydrogen) atoms. The third kappa shape index (κ3) is 3.03. The summed E-state index contributed by atoms with van der Waals surface area (Å²) in [4.78, 5) is 27.9. The Morgan fingerprint density at radius 2 is 2.00 bits per heavy atom. The maximum Gasteiger partial charge on any atom is 0.306 e. The molecule has 1 heterocycles. The normalized spacial score (nSPS) is 17.0. The molecule has 0 atom stereocenters. The zero-order chi connectivity index (χ0) is 16.3. The van der Waals surface area contributed by atoms with Gasteiger partial charge in [-0.15, -0.1) is 0 Å². The average Bonchev–Trinajstić information content (AvgIpc) is 2.75. The van der Waals surface area contributed by atoms with Crippen LogP contribution in [0.3, 0.4) is 0 Å². The van der Waals surface area contributed by atoms with Crippen LogP contribution >= 0.6 is 0 Å². The number of nitrogens with one attached hydrogen (secondary N) is 1. The van der Waals surface area contributed by atoms with Crippen molar-refractivity contribution in [2.24, 2.45) is 4.99 Å². The lowest BCUT2D eigenvalue weighted by atomic mass is 9.84. The van der Waals surface area contributed by atoms with Gasteiger partial charge in [0.1, 0.15) is 5.84 Å². The van der Waals surface area contributed by atoms with Crippen LogP contribution in [-0.2, 0) is 14.9 Å². The van der Waals surface area contributed by atoms with Crippen molar-refractivity contribution in [3.05, 3.63) is 29.3 Å². The largest absolute Gasteiger partial charge is 0.466 e. The Kier molecular flexibility index (Phi) is 4.64. The standard InChI is InChI=1S/C17H22N2O3/c1-5-22-15(21)9-8-14(20)11-6-7-13-12(10-11)17(2,3)16(18-4)19-13/h6-7,10H,5,8-9H2,1-4H3,(H,18,19). The number of esters is 1. The lowest BCUT2D eigenvalue weighted by Crippen LogP contribution is -2.27. The van der Waals surface area contributed by atoms with E-state index in [0.29, 0.717) is 12.2 Å². The van der Waals surface area contributed by atoms with Gasteiger partial charge < -0.3 is 10.1 Å². The van der Waals surface area contributed by atoms with Crippen LogP contribution in [0.4, 0.5) is 5.69 Å². The summed E-state index contributed by atoms with van der Waals surface area (Å²) in [6.07, 6.45) is 0.285. The van der Waals surface area contributed by atoms with E-state index in [4.69, 9.17) is 4.74 Å². The minimum Gasteiger partial charge on any atom is -0.466 e. The van der Waals surface area contributed by atoms with Crippen molar-refractivity contribution < 1.29 is 14.3 Å². The van der Waals surface area contributed by atoms with E-state index in [9.17, 15) is 9.59 Å². The summed E-state index contributed by atoms with van der Waals surface area (Å²) < 4.78 is 4.85. The smallest absolute Gasteiger partial charge is 0.306 e. The van der Waals surface area contributed by atoms with Crippen LogP contribution in [-0.4, -0.2) is 31.2 Å². The fraction of sp³-hybridized carbons (Fsp3) is 0.471. The van der Waals surface area contributed by atoms with E-state index in [1.807, 2.05) is 12.1 Å². The first-order chi connectivity index (χ1) is 10.4. The minimum absolute atomic E-state index is 0.0476. The van der Waals surface area contributed by atoms with E-state index in [1.165, 1.54) is 0 Å². The maximum atomic E-state index is 12.3. The number of hydrogen-bond acceptors (Lipinski definition) is 4. The van der Waals surface area contributed by atoms with Gasteiger partial charge >= 0.3 is 5.97 Å². The highest BCUT2D eigenvalue weighted by Gasteiger charge is 2.36. The summed E-state index contributed by atoms with van der Waals surface area (Å²) in [7, 11) is 1.75. The number of nitrogens with zero attached hydrogens (tertiary/aromatic N) is 1. The molecule has 1 aliphatic heterocycles. The molecule has 2 rings (SSSR count). The lowest BCUT2D eigenvalue weighted by molar-refractivity contribution is -0.143. The molecule has 0 aliphatic carbocycles. The van der Waals surface area contributed by atoms with Gasteiger partial charge in [0.2, 0.25) is 0 Å². The van der Waals surface area contributed by atoms with E-state index >= 15 is 0 Å². The van der Waals surface area contributed by atoms with Gasteiger partial charge in [-0.2, -0.15) is 0 Å². The number of amidine groups is 1. The van der Waals surface area contributed by atoms with Gasteiger partial charge in [-0.1, -0.05) is 0 Å². The van der Waals surface area contributed by atoms with E-state index < -0.39 is 0 Å². The molecule has 1 aromatic rings. The van der Waals surface area contributed by atoms with Gasteiger partial charge in [0.15, 0.2) is 5.78 Å². The van der Waals surface area contributed by atoms with Crippen molar-refractivity contribution in [2.45, 2.75) is 39.0 Å². The number of anilines is 1. The zero-order valence-electron chi connectivity index (χ0n) is 13.5. The monoisotopic (exact) mass is 302 g/mol. The van der Waals surface area contributed by atoms with Crippen LogP contribution < -0.4 is 5.32 Å². The van der Waals surface area contributed by atoms with Crippen LogP contribution in [0.25, 0.3) is 0 Å². The molecule has 0 unspecified atom stereocenters. The Labute approximate surface area is 130 Å². The molecule has 1 N–H and O–H groups in total. The van der Waals surface area contributed by atoms with Crippen molar-refractivity contribution >= 4 is 23.3 Å². The summed E-state index contributed by atoms with van der Waals surface area (Å²) in [6, 6.07) is 5.58. The highest BCUT2D eigenvalue weighted by molar-refractivity contribution is 6.10. The topological polar surface area (TPSA) is 67.8 Å². The van der Waals surface area contributed by atoms with Crippen molar-refractivity contribution in [1.82, 2.24) is 0 Å². The Hall–Kier alpha value is -2.17. The van der Waals surface area contributed by atoms with Crippen LogP contribution in [0.5, 0.6) is 0 Å². The van der Waals surface area contributed by atoms with Crippen LogP contribution in [0.15, 0.2) is 23.2 Å². The number of hydrogen-bond donors (Lipinski definition) is 1. The quantitative estimate of drug-likeness (QED) is 0.671. The molecule has 0 radical (unpaired) electrons. The number of ether oxygens (including phenoxy) is 1. The Morgan fingerprint density at radius 1 is 1.27 bits per heavy atom. The third-order valence-corrected chi connectivity index (χ3v) is 3.95. The van der Waals surface area contributed by atoms with Gasteiger partial charge in [0.05, 0.1) is 13.0 Å². The maximum absolute atomic E-state index is 12.3. The molecule has 118 valence electrons. The second kappa shape index (κ2) is 6.30. The first kappa shape index (κ1) is 16.2. The predicted molar refractivity (Wildman–Crippen MR) is 86.6 cm³/mol. The highest BCUT2D eigenvalue weighted by Crippen LogP contribution is 2.38. The fourth-order valence-electron chi connectivity index (χ4n) is 2.68. The summed E-state index contributed by atoms with van der Waals surface area (Å²) in [6.45, 7) is 6.23. The van der Waals surface area contributed by atoms with Crippen molar-refractivity contribution in [1.29, 1.82) is 0 Å². The number of aliphatic imine (C=N–C) groups is 1. The van der Waals surface area contributed by atoms with Gasteiger partial charge in [-0.05, 0) is 44.5 Å². The molecule has 1 aromatic carbocycles. The molecule has 0 fully saturated rings. The fourth-order valence-corrected chi connectivity index (χ4v) is 2.68. The Morgan fingerprint density at radius 3 is 2.64 bits per heavy atom. The Balaban J connectivity index is 2.16. The summed E-state index contributed by atoms with van der Waals surface area (Å²) in [5, 5.41) is 3.27. The Bertz CT molecular complexity index is 633. The van der Waals surface area contributed by atoms with Crippen molar-refractivity contribution in [3.63, 3.8) is 0 Å². The molecule has 0 saturated carbocycles. The van der Waals surface area contributed by atoms with E-state index in [-0.39, 0.29) is 30.0 Å². The number of rotatable bonds is 5. The molecule has 0 bridgehead atoms. The van der Waals surface area contributed by atoms with Gasteiger partial charge in [-0.25, -0.2) is 0 Å². The first-order valence-corrected chi connectivity index (χ1v) is 7.47. The average molecular weight is 302 g/mol. The minimum atomic E-state index is -0.334. The number of carbonyl (C=O) groups excluding carboxylic acids is 2. The van der Waals surface area contributed by atoms with Crippen molar-refractivity contribution in [2.75, 3.05) is 19.0 Å². The molecule has 1 aliphatic rings. The molecule has 5 heteroatoms. The first-order valence-electron chi connectivity index (χ1n) is 7.47. The second-order valence-corrected chi connectivity index (χ2v) is 5.81. The zero-order valence-corrected chi connectivity index (χ0v) is 13.5. The third-order valence-electron chi connectivity index (χ3n) is 3.95. The van der Waals surface area contributed by atoms with E-state index in [2.05, 4.69) is 24.2 Å². The van der Waals surface area contributed by atoms with Crippen LogP contribution in [0.1, 0.15) is 49.5 Å². The summed E-state index contributed by atoms with van der Waals surface area (Å²) in [5.41, 5.74) is 2.40. The van der Waals surface area contributed by atoms with Crippen LogP contribution in [0, 0.1) is 0 Å². The lowest BCUT2D eigenvalue weighted by Gasteiger charge is -2.18. The highest BCUT2D eigenvalue weighted by atomic mass is 16.5. The number of fused-ring (bicyclic) bond motifs is 1. The summed E-state index contributed by atoms with van der Waals surface area (Å²) >= 11 is 0. The van der Waals surface area contributed by atoms with Gasteiger partial charge in [-0.3, -0.25) is 14.6 Å². The molecular formula is C17H22N2O3. The number of Topliss-reactive ketones (excluding diaryl/α,β-unsaturated/α-hetero) is 1. The molecule has 5 nitrogen and oxygen atoms in total. The number of carbonyl (C=O) groups is 2. The van der Waals surface area contributed by atoms with Gasteiger partial charge in [0, 0.05) is 30.1 Å². The molecule has 0 aromatic heterocycles. The second-order valence-electron chi connectivity index (χ2n) is 5.81. The number of benzene rings is 1. The number of ketones is 1. The predicted octanol–water partition coefficient (Wildman–Crippen LogP) is 2.94. The molecule has 0 spiro atoms. The van der Waals surface area contributed by atoms with Crippen LogP contribution in [0.2, 0.25) is 0 Å². The van der Waals surface area contributed by atoms with Gasteiger partial charge in [0.25, 0.3) is 0 Å². The molecule has 0 amide bonds. The molecule has 0 saturated heterocycles. The van der Waals surface area contributed by atoms with Crippen molar-refractivity contribution in [3.8, 4) is 0 Å². The van der Waals surface area contributed by atoms with E-state index in [1.54, 1.807) is 20.0 Å². The van der Waals surface area contributed by atoms with E-state index in [0.717, 1.165) is 17.1 Å². The molecular weight excluding hydrogens is 280 g/mol. The summed E-state index contributed by atoms with van der Waals surface area (Å²) in [5.74, 6) is 0.506.